The van der Waals surface area contributed by atoms with E-state index in [4.69, 9.17) is 0 Å². The van der Waals surface area contributed by atoms with E-state index in [0.717, 1.165) is 16.8 Å². The Morgan fingerprint density at radius 2 is 1.73 bits per heavy atom. The minimum absolute atomic E-state index is 0.251. The zero-order valence-electron chi connectivity index (χ0n) is 14.5. The minimum Gasteiger partial charge on any atom is -0.273 e. The van der Waals surface area contributed by atoms with Gasteiger partial charge in [-0.25, -0.2) is 4.68 Å². The lowest BCUT2D eigenvalue weighted by molar-refractivity contribution is -0.121. The van der Waals surface area contributed by atoms with Crippen molar-refractivity contribution in [2.75, 3.05) is 0 Å². The fraction of sp³-hybridized carbons (Fsp3) is 0.150. The van der Waals surface area contributed by atoms with Gasteiger partial charge in [0.15, 0.2) is 0 Å². The number of nitrogens with zero attached hydrogens (tertiary/aromatic N) is 2. The van der Waals surface area contributed by atoms with Crippen LogP contribution in [-0.4, -0.2) is 21.6 Å². The average molecular weight is 348 g/mol. The number of carbonyl (C=O) groups excluding carboxylic acids is 2. The molecule has 0 saturated carbocycles. The van der Waals surface area contributed by atoms with E-state index in [1.54, 1.807) is 23.0 Å². The maximum Gasteiger partial charge on any atom is 0.269 e. The average Bonchev–Trinajstić information content (AvgIpc) is 3.14. The zero-order valence-corrected chi connectivity index (χ0v) is 14.5. The first-order valence-electron chi connectivity index (χ1n) is 8.37. The van der Waals surface area contributed by atoms with Gasteiger partial charge < -0.3 is 0 Å². The third-order valence-electron chi connectivity index (χ3n) is 4.00. The molecule has 2 amide bonds. The van der Waals surface area contributed by atoms with Gasteiger partial charge in [0, 0.05) is 18.2 Å². The second kappa shape index (κ2) is 8.11. The third kappa shape index (κ3) is 4.36. The molecule has 26 heavy (non-hydrogen) atoms. The summed E-state index contributed by atoms with van der Waals surface area (Å²) >= 11 is 0. The molecule has 0 unspecified atom stereocenters. The van der Waals surface area contributed by atoms with Gasteiger partial charge in [-0.1, -0.05) is 36.4 Å². The van der Waals surface area contributed by atoms with Crippen molar-refractivity contribution in [1.82, 2.24) is 20.6 Å². The molecule has 2 N–H and O–H groups in total. The third-order valence-corrected chi connectivity index (χ3v) is 4.00. The van der Waals surface area contributed by atoms with Crippen molar-refractivity contribution >= 4 is 11.8 Å². The molecule has 0 aliphatic carbocycles. The van der Waals surface area contributed by atoms with Gasteiger partial charge in [-0.3, -0.25) is 20.4 Å². The summed E-state index contributed by atoms with van der Waals surface area (Å²) in [6.45, 7) is 1.85. The maximum absolute atomic E-state index is 12.1. The predicted octanol–water partition coefficient (Wildman–Crippen LogP) is 2.57. The summed E-state index contributed by atoms with van der Waals surface area (Å²) in [5, 5.41) is 4.30. The number of hydrazine groups is 1. The van der Waals surface area contributed by atoms with Crippen LogP contribution >= 0.6 is 0 Å². The normalized spacial score (nSPS) is 10.3. The van der Waals surface area contributed by atoms with Gasteiger partial charge in [0.05, 0.1) is 11.9 Å². The number of carbonyl (C=O) groups is 2. The standard InChI is InChI=1S/C20H20N4O2/c1-15-7-5-6-10-18(15)20(26)23-22-19(25)12-11-16-13-21-24(14-16)17-8-3-2-4-9-17/h2-10,13-14H,11-12H2,1H3,(H,22,25)(H,23,26). The van der Waals surface area contributed by atoms with Crippen molar-refractivity contribution in [2.24, 2.45) is 0 Å². The summed E-state index contributed by atoms with van der Waals surface area (Å²) in [5.41, 5.74) is 8.21. The van der Waals surface area contributed by atoms with Crippen LogP contribution in [0.15, 0.2) is 67.0 Å². The van der Waals surface area contributed by atoms with Crippen molar-refractivity contribution in [3.8, 4) is 5.69 Å². The molecular formula is C20H20N4O2. The number of para-hydroxylation sites is 1. The second-order valence-corrected chi connectivity index (χ2v) is 5.95. The van der Waals surface area contributed by atoms with Crippen LogP contribution in [0.1, 0.15) is 27.9 Å². The highest BCUT2D eigenvalue weighted by Gasteiger charge is 2.10. The monoisotopic (exact) mass is 348 g/mol. The van der Waals surface area contributed by atoms with Gasteiger partial charge in [-0.05, 0) is 42.7 Å². The fourth-order valence-corrected chi connectivity index (χ4v) is 2.55. The van der Waals surface area contributed by atoms with E-state index in [9.17, 15) is 9.59 Å². The maximum atomic E-state index is 12.1. The molecule has 1 aromatic heterocycles. The van der Waals surface area contributed by atoms with Crippen molar-refractivity contribution < 1.29 is 9.59 Å². The highest BCUT2D eigenvalue weighted by molar-refractivity contribution is 5.96. The van der Waals surface area contributed by atoms with E-state index in [0.29, 0.717) is 12.0 Å². The molecule has 1 heterocycles. The molecule has 3 rings (SSSR count). The fourth-order valence-electron chi connectivity index (χ4n) is 2.55. The molecular weight excluding hydrogens is 328 g/mol. The van der Waals surface area contributed by atoms with Crippen LogP contribution in [0.2, 0.25) is 0 Å². The molecule has 0 fully saturated rings. The lowest BCUT2D eigenvalue weighted by Gasteiger charge is -2.08. The number of amides is 2. The summed E-state index contributed by atoms with van der Waals surface area (Å²) in [6, 6.07) is 17.0. The first-order valence-corrected chi connectivity index (χ1v) is 8.37. The summed E-state index contributed by atoms with van der Waals surface area (Å²) in [5.74, 6) is -0.576. The summed E-state index contributed by atoms with van der Waals surface area (Å²) < 4.78 is 1.77. The van der Waals surface area contributed by atoms with Crippen LogP contribution in [0.25, 0.3) is 5.69 Å². The summed E-state index contributed by atoms with van der Waals surface area (Å²) in [7, 11) is 0. The lowest BCUT2D eigenvalue weighted by atomic mass is 10.1. The quantitative estimate of drug-likeness (QED) is 0.696. The van der Waals surface area contributed by atoms with Crippen LogP contribution in [0.5, 0.6) is 0 Å². The number of rotatable bonds is 5. The Hall–Kier alpha value is -3.41. The van der Waals surface area contributed by atoms with Crippen molar-refractivity contribution in [2.45, 2.75) is 19.8 Å². The van der Waals surface area contributed by atoms with E-state index < -0.39 is 0 Å². The van der Waals surface area contributed by atoms with Gasteiger partial charge in [0.2, 0.25) is 5.91 Å². The Kier molecular flexibility index (Phi) is 5.43. The molecule has 0 saturated heterocycles. The van der Waals surface area contributed by atoms with Crippen LogP contribution in [0, 0.1) is 6.92 Å². The molecule has 2 aromatic carbocycles. The topological polar surface area (TPSA) is 76.0 Å². The van der Waals surface area contributed by atoms with Crippen LogP contribution in [-0.2, 0) is 11.2 Å². The number of aromatic nitrogens is 2. The number of hydrogen-bond donors (Lipinski definition) is 2. The van der Waals surface area contributed by atoms with E-state index in [2.05, 4.69) is 16.0 Å². The number of aryl methyl sites for hydroxylation is 2. The van der Waals surface area contributed by atoms with E-state index in [1.165, 1.54) is 0 Å². The number of hydrogen-bond acceptors (Lipinski definition) is 3. The SMILES string of the molecule is Cc1ccccc1C(=O)NNC(=O)CCc1cnn(-c2ccccc2)c1. The molecule has 0 aliphatic rings. The van der Waals surface area contributed by atoms with Gasteiger partial charge >= 0.3 is 0 Å². The molecule has 0 aliphatic heterocycles. The summed E-state index contributed by atoms with van der Waals surface area (Å²) in [4.78, 5) is 24.0. The Bertz CT molecular complexity index is 903. The van der Waals surface area contributed by atoms with Gasteiger partial charge in [-0.15, -0.1) is 0 Å². The van der Waals surface area contributed by atoms with Gasteiger partial charge in [0.25, 0.3) is 5.91 Å². The van der Waals surface area contributed by atoms with Gasteiger partial charge in [-0.2, -0.15) is 5.10 Å². The highest BCUT2D eigenvalue weighted by atomic mass is 16.2. The largest absolute Gasteiger partial charge is 0.273 e. The smallest absolute Gasteiger partial charge is 0.269 e. The zero-order chi connectivity index (χ0) is 18.4. The van der Waals surface area contributed by atoms with E-state index >= 15 is 0 Å². The van der Waals surface area contributed by atoms with Crippen LogP contribution < -0.4 is 10.9 Å². The summed E-state index contributed by atoms with van der Waals surface area (Å²) in [6.07, 6.45) is 4.44. The number of benzene rings is 2. The van der Waals surface area contributed by atoms with Crippen molar-refractivity contribution in [1.29, 1.82) is 0 Å². The predicted molar refractivity (Wildman–Crippen MR) is 98.7 cm³/mol. The molecule has 6 heteroatoms. The van der Waals surface area contributed by atoms with Crippen LogP contribution in [0.3, 0.4) is 0 Å². The molecule has 132 valence electrons. The minimum atomic E-state index is -0.326. The van der Waals surface area contributed by atoms with Gasteiger partial charge in [0.1, 0.15) is 0 Å². The first kappa shape index (κ1) is 17.4. The van der Waals surface area contributed by atoms with Crippen molar-refractivity contribution in [3.05, 3.63) is 83.7 Å². The molecule has 3 aromatic rings. The Morgan fingerprint density at radius 1 is 1.00 bits per heavy atom. The first-order chi connectivity index (χ1) is 12.6. The molecule has 6 nitrogen and oxygen atoms in total. The lowest BCUT2D eigenvalue weighted by Crippen LogP contribution is -2.41. The molecule has 0 atom stereocenters. The number of nitrogens with one attached hydrogen (secondary N) is 2. The molecule has 0 radical (unpaired) electrons. The highest BCUT2D eigenvalue weighted by Crippen LogP contribution is 2.09. The van der Waals surface area contributed by atoms with E-state index in [-0.39, 0.29) is 18.2 Å². The molecule has 0 spiro atoms. The second-order valence-electron chi connectivity index (χ2n) is 5.95. The van der Waals surface area contributed by atoms with Crippen LogP contribution in [0.4, 0.5) is 0 Å². The van der Waals surface area contributed by atoms with E-state index in [1.807, 2.05) is 55.6 Å². The Balaban J connectivity index is 1.48. The van der Waals surface area contributed by atoms with Crippen molar-refractivity contribution in [3.63, 3.8) is 0 Å². The molecule has 0 bridgehead atoms. The Labute approximate surface area is 151 Å². The Morgan fingerprint density at radius 3 is 2.50 bits per heavy atom.